The smallest absolute Gasteiger partial charge is 0.235 e. The summed E-state index contributed by atoms with van der Waals surface area (Å²) in [5.41, 5.74) is 0.963. The average molecular weight is 388 g/mol. The molecular formula is C21H22ClNO4. The van der Waals surface area contributed by atoms with Gasteiger partial charge >= 0.3 is 0 Å². The zero-order chi connectivity index (χ0) is 18.7. The molecule has 0 spiro atoms. The van der Waals surface area contributed by atoms with Crippen molar-refractivity contribution in [1.29, 1.82) is 0 Å². The quantitative estimate of drug-likeness (QED) is 0.515. The predicted octanol–water partition coefficient (Wildman–Crippen LogP) is 3.98. The van der Waals surface area contributed by atoms with Crippen molar-refractivity contribution in [2.45, 2.75) is 25.8 Å². The van der Waals surface area contributed by atoms with Crippen LogP contribution in [-0.4, -0.2) is 28.3 Å². The van der Waals surface area contributed by atoms with Crippen LogP contribution in [0.1, 0.15) is 47.3 Å². The van der Waals surface area contributed by atoms with Gasteiger partial charge in [-0.2, -0.15) is 0 Å². The number of unbranched alkanes of at least 4 members (excludes halogenated alkanes) is 1. The first-order valence-electron chi connectivity index (χ1n) is 8.69. The number of ketones is 2. The third-order valence-corrected chi connectivity index (χ3v) is 4.55. The van der Waals surface area contributed by atoms with Crippen molar-refractivity contribution in [3.63, 3.8) is 0 Å². The Hall–Kier alpha value is -2.63. The van der Waals surface area contributed by atoms with E-state index in [1.165, 1.54) is 12.1 Å². The van der Waals surface area contributed by atoms with E-state index in [1.54, 1.807) is 36.4 Å². The predicted molar refractivity (Wildman–Crippen MR) is 106 cm³/mol. The molecule has 27 heavy (non-hydrogen) atoms. The van der Waals surface area contributed by atoms with Gasteiger partial charge in [-0.15, -0.1) is 12.4 Å². The van der Waals surface area contributed by atoms with E-state index < -0.39 is 17.6 Å². The minimum atomic E-state index is -0.771. The molecule has 3 rings (SSSR count). The number of aliphatic hydroxyl groups excluding tert-OH is 1. The molecule has 0 saturated carbocycles. The second-order valence-corrected chi connectivity index (χ2v) is 6.27. The monoisotopic (exact) mass is 387 g/mol. The average Bonchev–Trinajstić information content (AvgIpc) is 2.66. The Kier molecular flexibility index (Phi) is 6.77. The Morgan fingerprint density at radius 2 is 1.56 bits per heavy atom. The van der Waals surface area contributed by atoms with Crippen LogP contribution in [0.15, 0.2) is 54.1 Å². The topological polar surface area (TPSA) is 86.6 Å². The molecular weight excluding hydrogens is 366 g/mol. The summed E-state index contributed by atoms with van der Waals surface area (Å²) in [6.45, 7) is 2.62. The van der Waals surface area contributed by atoms with Crippen LogP contribution < -0.4 is 5.32 Å². The molecule has 0 heterocycles. The number of hydrogen-bond acceptors (Lipinski definition) is 5. The number of rotatable bonds is 6. The number of aliphatic hydroxyl groups is 1. The van der Waals surface area contributed by atoms with Crippen molar-refractivity contribution in [2.75, 3.05) is 6.54 Å². The number of para-hydroxylation sites is 1. The highest BCUT2D eigenvalue weighted by atomic mass is 35.5. The number of halogens is 1. The van der Waals surface area contributed by atoms with Gasteiger partial charge in [0.25, 0.3) is 0 Å². The summed E-state index contributed by atoms with van der Waals surface area (Å²) in [5.74, 6) is -1.62. The van der Waals surface area contributed by atoms with Gasteiger partial charge < -0.3 is 15.5 Å². The molecule has 2 aromatic carbocycles. The molecule has 1 atom stereocenters. The maximum Gasteiger partial charge on any atom is 0.235 e. The van der Waals surface area contributed by atoms with E-state index in [0.717, 1.165) is 12.8 Å². The van der Waals surface area contributed by atoms with E-state index >= 15 is 0 Å². The molecule has 6 heteroatoms. The number of carbonyl (C=O) groups is 2. The highest BCUT2D eigenvalue weighted by molar-refractivity contribution is 6.52. The number of benzene rings is 2. The van der Waals surface area contributed by atoms with Crippen LogP contribution in [0, 0.1) is 0 Å². The summed E-state index contributed by atoms with van der Waals surface area (Å²) in [5, 5.41) is 24.2. The summed E-state index contributed by atoms with van der Waals surface area (Å²) >= 11 is 0. The SMILES string of the molecule is CCCCNC(C1=C(O)c2ccccc2C(=O)C1=O)c1ccccc1O.Cl. The van der Waals surface area contributed by atoms with Crippen LogP contribution in [0.3, 0.4) is 0 Å². The first-order valence-corrected chi connectivity index (χ1v) is 8.69. The van der Waals surface area contributed by atoms with E-state index in [1.807, 2.05) is 6.92 Å². The summed E-state index contributed by atoms with van der Waals surface area (Å²) in [6, 6.07) is 12.3. The van der Waals surface area contributed by atoms with Crippen molar-refractivity contribution < 1.29 is 19.8 Å². The van der Waals surface area contributed by atoms with Crippen LogP contribution in [0.2, 0.25) is 0 Å². The Bertz CT molecular complexity index is 891. The van der Waals surface area contributed by atoms with Gasteiger partial charge in [0.15, 0.2) is 0 Å². The zero-order valence-corrected chi connectivity index (χ0v) is 15.8. The minimum Gasteiger partial charge on any atom is -0.508 e. The molecule has 0 fully saturated rings. The number of hydrogen-bond donors (Lipinski definition) is 3. The molecule has 3 N–H and O–H groups in total. The normalized spacial score (nSPS) is 14.6. The molecule has 0 aliphatic heterocycles. The second kappa shape index (κ2) is 8.84. The van der Waals surface area contributed by atoms with Crippen molar-refractivity contribution >= 4 is 29.7 Å². The third kappa shape index (κ3) is 3.89. The van der Waals surface area contributed by atoms with Crippen LogP contribution >= 0.6 is 12.4 Å². The molecule has 0 radical (unpaired) electrons. The zero-order valence-electron chi connectivity index (χ0n) is 14.9. The van der Waals surface area contributed by atoms with Gasteiger partial charge in [0.05, 0.1) is 11.6 Å². The van der Waals surface area contributed by atoms with Gasteiger partial charge in [-0.1, -0.05) is 55.8 Å². The standard InChI is InChI=1S/C21H21NO4.ClH/c1-2-3-12-22-18(15-10-6-7-11-16(15)23)17-19(24)13-8-4-5-9-14(13)20(25)21(17)26;/h4-11,18,22-24H,2-3,12H2,1H3;1H. The summed E-state index contributed by atoms with van der Waals surface area (Å²) < 4.78 is 0. The summed E-state index contributed by atoms with van der Waals surface area (Å²) in [6.07, 6.45) is 1.80. The highest BCUT2D eigenvalue weighted by Crippen LogP contribution is 2.37. The molecule has 1 unspecified atom stereocenters. The van der Waals surface area contributed by atoms with Crippen LogP contribution in [-0.2, 0) is 4.79 Å². The van der Waals surface area contributed by atoms with Crippen LogP contribution in [0.5, 0.6) is 5.75 Å². The molecule has 1 aliphatic carbocycles. The van der Waals surface area contributed by atoms with Gasteiger partial charge in [-0.3, -0.25) is 9.59 Å². The molecule has 142 valence electrons. The van der Waals surface area contributed by atoms with Crippen LogP contribution in [0.4, 0.5) is 0 Å². The van der Waals surface area contributed by atoms with Crippen molar-refractivity contribution in [2.24, 2.45) is 0 Å². The summed E-state index contributed by atoms with van der Waals surface area (Å²) in [4.78, 5) is 25.3. The number of Topliss-reactive ketones (excluding diaryl/α,β-unsaturated/α-hetero) is 2. The van der Waals surface area contributed by atoms with Crippen molar-refractivity contribution in [1.82, 2.24) is 5.32 Å². The fraction of sp³-hybridized carbons (Fsp3) is 0.238. The Labute approximate surface area is 164 Å². The van der Waals surface area contributed by atoms with Gasteiger partial charge in [-0.25, -0.2) is 0 Å². The van der Waals surface area contributed by atoms with Gasteiger partial charge in [0.2, 0.25) is 11.6 Å². The molecule has 0 aromatic heterocycles. The number of phenolic OH excluding ortho intramolecular Hbond substituents is 1. The lowest BCUT2D eigenvalue weighted by molar-refractivity contribution is -0.112. The van der Waals surface area contributed by atoms with E-state index in [-0.39, 0.29) is 35.1 Å². The molecule has 1 aliphatic rings. The number of fused-ring (bicyclic) bond motifs is 1. The number of aromatic hydroxyl groups is 1. The first-order chi connectivity index (χ1) is 12.6. The Balaban J connectivity index is 0.00000261. The van der Waals surface area contributed by atoms with E-state index in [0.29, 0.717) is 17.7 Å². The number of phenols is 1. The fourth-order valence-electron chi connectivity index (χ4n) is 3.18. The Morgan fingerprint density at radius 1 is 0.926 bits per heavy atom. The number of carbonyl (C=O) groups excluding carboxylic acids is 2. The lowest BCUT2D eigenvalue weighted by Crippen LogP contribution is -2.34. The minimum absolute atomic E-state index is 0. The number of nitrogens with one attached hydrogen (secondary N) is 1. The highest BCUT2D eigenvalue weighted by Gasteiger charge is 2.37. The van der Waals surface area contributed by atoms with E-state index in [9.17, 15) is 19.8 Å². The van der Waals surface area contributed by atoms with Crippen molar-refractivity contribution in [3.05, 3.63) is 70.8 Å². The van der Waals surface area contributed by atoms with Crippen LogP contribution in [0.25, 0.3) is 5.76 Å². The first kappa shape index (κ1) is 20.7. The third-order valence-electron chi connectivity index (χ3n) is 4.55. The molecule has 0 amide bonds. The molecule has 2 aromatic rings. The van der Waals surface area contributed by atoms with Gasteiger partial charge in [0.1, 0.15) is 11.5 Å². The second-order valence-electron chi connectivity index (χ2n) is 6.27. The fourth-order valence-corrected chi connectivity index (χ4v) is 3.18. The van der Waals surface area contributed by atoms with E-state index in [2.05, 4.69) is 5.32 Å². The maximum absolute atomic E-state index is 12.8. The molecule has 5 nitrogen and oxygen atoms in total. The maximum atomic E-state index is 12.8. The van der Waals surface area contributed by atoms with Gasteiger partial charge in [-0.05, 0) is 19.0 Å². The summed E-state index contributed by atoms with van der Waals surface area (Å²) in [7, 11) is 0. The lowest BCUT2D eigenvalue weighted by atomic mass is 9.83. The molecule has 0 bridgehead atoms. The van der Waals surface area contributed by atoms with E-state index in [4.69, 9.17) is 0 Å². The lowest BCUT2D eigenvalue weighted by Gasteiger charge is -2.26. The Morgan fingerprint density at radius 3 is 2.22 bits per heavy atom. The largest absolute Gasteiger partial charge is 0.508 e. The van der Waals surface area contributed by atoms with Gasteiger partial charge in [0, 0.05) is 16.7 Å². The van der Waals surface area contributed by atoms with Crippen molar-refractivity contribution in [3.8, 4) is 5.75 Å². The molecule has 0 saturated heterocycles.